The predicted octanol–water partition coefficient (Wildman–Crippen LogP) is 1.30. The molecular weight excluding hydrogens is 286 g/mol. The van der Waals surface area contributed by atoms with Crippen LogP contribution in [0, 0.1) is 0 Å². The quantitative estimate of drug-likeness (QED) is 0.720. The van der Waals surface area contributed by atoms with Gasteiger partial charge in [-0.25, -0.2) is 13.1 Å². The van der Waals surface area contributed by atoms with Gasteiger partial charge in [0.25, 0.3) is 0 Å². The molecule has 21 heavy (non-hydrogen) atoms. The van der Waals surface area contributed by atoms with Crippen molar-refractivity contribution in [2.24, 2.45) is 5.73 Å². The molecule has 0 saturated carbocycles. The molecule has 0 aromatic heterocycles. The van der Waals surface area contributed by atoms with E-state index in [2.05, 4.69) is 23.5 Å². The van der Waals surface area contributed by atoms with Gasteiger partial charge < -0.3 is 10.6 Å². The van der Waals surface area contributed by atoms with Crippen LogP contribution in [-0.4, -0.2) is 39.0 Å². The van der Waals surface area contributed by atoms with E-state index < -0.39 is 10.0 Å². The second kappa shape index (κ2) is 8.48. The van der Waals surface area contributed by atoms with Crippen LogP contribution >= 0.6 is 0 Å². The van der Waals surface area contributed by atoms with Crippen LogP contribution < -0.4 is 10.5 Å². The highest BCUT2D eigenvalue weighted by molar-refractivity contribution is 7.88. The van der Waals surface area contributed by atoms with Gasteiger partial charge in [-0.2, -0.15) is 0 Å². The summed E-state index contributed by atoms with van der Waals surface area (Å²) >= 11 is 0. The number of hydrogen-bond donors (Lipinski definition) is 2. The fraction of sp³-hybridized carbons (Fsp3) is 0.600. The molecule has 0 heterocycles. The molecule has 0 aliphatic rings. The summed E-state index contributed by atoms with van der Waals surface area (Å²) < 4.78 is 27.1. The van der Waals surface area contributed by atoms with E-state index in [-0.39, 0.29) is 11.8 Å². The SMILES string of the molecule is CCN(CC)CC(C)NS(=O)(=O)Cc1ccc(CN)cc1. The van der Waals surface area contributed by atoms with Crippen LogP contribution in [0.4, 0.5) is 0 Å². The molecular formula is C15H27N3O2S. The zero-order valence-electron chi connectivity index (χ0n) is 13.2. The maximum absolute atomic E-state index is 12.2. The van der Waals surface area contributed by atoms with Gasteiger partial charge in [-0.15, -0.1) is 0 Å². The molecule has 0 aliphatic heterocycles. The van der Waals surface area contributed by atoms with Crippen molar-refractivity contribution in [3.63, 3.8) is 0 Å². The van der Waals surface area contributed by atoms with Gasteiger partial charge in [0.05, 0.1) is 5.75 Å². The molecule has 0 aliphatic carbocycles. The van der Waals surface area contributed by atoms with Gasteiger partial charge in [-0.1, -0.05) is 38.1 Å². The smallest absolute Gasteiger partial charge is 0.216 e. The van der Waals surface area contributed by atoms with Crippen LogP contribution in [0.2, 0.25) is 0 Å². The number of benzene rings is 1. The molecule has 120 valence electrons. The minimum absolute atomic E-state index is 0.000438. The highest BCUT2D eigenvalue weighted by Crippen LogP contribution is 2.08. The first-order valence-corrected chi connectivity index (χ1v) is 9.05. The van der Waals surface area contributed by atoms with Crippen LogP contribution in [0.1, 0.15) is 31.9 Å². The Morgan fingerprint density at radius 2 is 1.67 bits per heavy atom. The molecule has 0 fully saturated rings. The third kappa shape index (κ3) is 6.56. The molecule has 1 aromatic rings. The molecule has 5 nitrogen and oxygen atoms in total. The molecule has 1 rings (SSSR count). The van der Waals surface area contributed by atoms with E-state index in [4.69, 9.17) is 5.73 Å². The van der Waals surface area contributed by atoms with Crippen molar-refractivity contribution >= 4 is 10.0 Å². The molecule has 1 unspecified atom stereocenters. The predicted molar refractivity (Wildman–Crippen MR) is 87.3 cm³/mol. The van der Waals surface area contributed by atoms with Crippen LogP contribution in [0.25, 0.3) is 0 Å². The lowest BCUT2D eigenvalue weighted by Gasteiger charge is -2.23. The molecule has 1 atom stereocenters. The van der Waals surface area contributed by atoms with Crippen molar-refractivity contribution in [3.8, 4) is 0 Å². The number of nitrogens with two attached hydrogens (primary N) is 1. The highest BCUT2D eigenvalue weighted by atomic mass is 32.2. The van der Waals surface area contributed by atoms with Gasteiger partial charge in [-0.05, 0) is 31.1 Å². The number of nitrogens with one attached hydrogen (secondary N) is 1. The topological polar surface area (TPSA) is 75.4 Å². The van der Waals surface area contributed by atoms with E-state index in [0.717, 1.165) is 30.8 Å². The van der Waals surface area contributed by atoms with Gasteiger partial charge in [0.2, 0.25) is 10.0 Å². The van der Waals surface area contributed by atoms with Crippen molar-refractivity contribution in [1.29, 1.82) is 0 Å². The maximum atomic E-state index is 12.2. The number of likely N-dealkylation sites (N-methyl/N-ethyl adjacent to an activating group) is 1. The summed E-state index contributed by atoms with van der Waals surface area (Å²) in [6.07, 6.45) is 0. The fourth-order valence-electron chi connectivity index (χ4n) is 2.25. The zero-order chi connectivity index (χ0) is 15.9. The molecule has 0 spiro atoms. The van der Waals surface area contributed by atoms with E-state index >= 15 is 0 Å². The van der Waals surface area contributed by atoms with Gasteiger partial charge in [0.15, 0.2) is 0 Å². The third-order valence-electron chi connectivity index (χ3n) is 3.42. The molecule has 0 amide bonds. The van der Waals surface area contributed by atoms with E-state index in [1.165, 1.54) is 0 Å². The summed E-state index contributed by atoms with van der Waals surface area (Å²) in [5.74, 6) is 0.000438. The Morgan fingerprint density at radius 1 is 1.14 bits per heavy atom. The molecule has 6 heteroatoms. The van der Waals surface area contributed by atoms with E-state index in [1.807, 2.05) is 31.2 Å². The van der Waals surface area contributed by atoms with Crippen molar-refractivity contribution in [2.75, 3.05) is 19.6 Å². The van der Waals surface area contributed by atoms with Crippen LogP contribution in [0.5, 0.6) is 0 Å². The van der Waals surface area contributed by atoms with Gasteiger partial charge in [0.1, 0.15) is 0 Å². The van der Waals surface area contributed by atoms with Gasteiger partial charge >= 0.3 is 0 Å². The summed E-state index contributed by atoms with van der Waals surface area (Å²) in [6, 6.07) is 7.26. The number of rotatable bonds is 9. The summed E-state index contributed by atoms with van der Waals surface area (Å²) in [6.45, 7) is 9.07. The lowest BCUT2D eigenvalue weighted by molar-refractivity contribution is 0.282. The molecule has 0 radical (unpaired) electrons. The molecule has 0 saturated heterocycles. The minimum Gasteiger partial charge on any atom is -0.326 e. The molecule has 1 aromatic carbocycles. The van der Waals surface area contributed by atoms with Gasteiger partial charge in [0, 0.05) is 19.1 Å². The minimum atomic E-state index is -3.32. The second-order valence-corrected chi connectivity index (χ2v) is 7.04. The first-order chi connectivity index (χ1) is 9.90. The number of sulfonamides is 1. The maximum Gasteiger partial charge on any atom is 0.216 e. The number of hydrogen-bond acceptors (Lipinski definition) is 4. The second-order valence-electron chi connectivity index (χ2n) is 5.28. The fourth-order valence-corrected chi connectivity index (χ4v) is 3.65. The Morgan fingerprint density at radius 3 is 2.14 bits per heavy atom. The van der Waals surface area contributed by atoms with Crippen molar-refractivity contribution in [2.45, 2.75) is 39.1 Å². The average molecular weight is 313 g/mol. The Kier molecular flexibility index (Phi) is 7.31. The van der Waals surface area contributed by atoms with E-state index in [9.17, 15) is 8.42 Å². The third-order valence-corrected chi connectivity index (χ3v) is 4.90. The number of nitrogens with zero attached hydrogens (tertiary/aromatic N) is 1. The first kappa shape index (κ1) is 18.1. The monoisotopic (exact) mass is 313 g/mol. The van der Waals surface area contributed by atoms with Crippen LogP contribution in [0.15, 0.2) is 24.3 Å². The normalized spacial score (nSPS) is 13.6. The molecule has 3 N–H and O–H groups in total. The van der Waals surface area contributed by atoms with Crippen LogP contribution in [-0.2, 0) is 22.3 Å². The lowest BCUT2D eigenvalue weighted by Crippen LogP contribution is -2.42. The summed E-state index contributed by atoms with van der Waals surface area (Å²) in [5, 5.41) is 0. The summed E-state index contributed by atoms with van der Waals surface area (Å²) in [4.78, 5) is 2.20. The molecule has 0 bridgehead atoms. The Hall–Kier alpha value is -0.950. The van der Waals surface area contributed by atoms with Crippen molar-refractivity contribution < 1.29 is 8.42 Å². The van der Waals surface area contributed by atoms with E-state index in [0.29, 0.717) is 6.54 Å². The average Bonchev–Trinajstić information content (AvgIpc) is 2.44. The first-order valence-electron chi connectivity index (χ1n) is 7.40. The Bertz CT molecular complexity index is 510. The van der Waals surface area contributed by atoms with E-state index in [1.54, 1.807) is 0 Å². The summed E-state index contributed by atoms with van der Waals surface area (Å²) in [5.41, 5.74) is 7.30. The lowest BCUT2D eigenvalue weighted by atomic mass is 10.1. The van der Waals surface area contributed by atoms with Gasteiger partial charge in [-0.3, -0.25) is 0 Å². The Labute approximate surface area is 128 Å². The van der Waals surface area contributed by atoms with Crippen molar-refractivity contribution in [1.82, 2.24) is 9.62 Å². The highest BCUT2D eigenvalue weighted by Gasteiger charge is 2.16. The zero-order valence-corrected chi connectivity index (χ0v) is 14.0. The standard InChI is InChI=1S/C15H27N3O2S/c1-4-18(5-2)11-13(3)17-21(19,20)12-15-8-6-14(10-16)7-9-15/h6-9,13,17H,4-5,10-12,16H2,1-3H3. The Balaban J connectivity index is 2.59. The largest absolute Gasteiger partial charge is 0.326 e. The van der Waals surface area contributed by atoms with Crippen molar-refractivity contribution in [3.05, 3.63) is 35.4 Å². The van der Waals surface area contributed by atoms with Crippen LogP contribution in [0.3, 0.4) is 0 Å². The summed E-state index contributed by atoms with van der Waals surface area (Å²) in [7, 11) is -3.32.